The minimum absolute atomic E-state index is 0.251. The van der Waals surface area contributed by atoms with E-state index in [9.17, 15) is 4.79 Å². The molecule has 0 spiro atoms. The van der Waals surface area contributed by atoms with E-state index in [0.717, 1.165) is 18.7 Å². The third-order valence-corrected chi connectivity index (χ3v) is 1.77. The minimum atomic E-state index is -0.438. The second-order valence-corrected chi connectivity index (χ2v) is 2.93. The monoisotopic (exact) mass is 197 g/mol. The summed E-state index contributed by atoms with van der Waals surface area (Å²) in [5.41, 5.74) is 0. The van der Waals surface area contributed by atoms with Gasteiger partial charge in [-0.15, -0.1) is 0 Å². The first-order valence-corrected chi connectivity index (χ1v) is 4.65. The van der Waals surface area contributed by atoms with Crippen molar-refractivity contribution in [3.05, 3.63) is 23.7 Å². The van der Waals surface area contributed by atoms with E-state index in [1.807, 2.05) is 0 Å². The van der Waals surface area contributed by atoms with Gasteiger partial charge in [-0.2, -0.15) is 0 Å². The van der Waals surface area contributed by atoms with Crippen molar-refractivity contribution >= 4 is 5.97 Å². The zero-order valence-corrected chi connectivity index (χ0v) is 8.50. The lowest BCUT2D eigenvalue weighted by atomic mass is 10.4. The van der Waals surface area contributed by atoms with Crippen molar-refractivity contribution in [2.45, 2.75) is 19.9 Å². The Balaban J connectivity index is 2.46. The summed E-state index contributed by atoms with van der Waals surface area (Å²) < 4.78 is 9.77. The van der Waals surface area contributed by atoms with Gasteiger partial charge in [0.15, 0.2) is 0 Å². The number of furan rings is 1. The van der Waals surface area contributed by atoms with Crippen molar-refractivity contribution in [2.75, 3.05) is 13.7 Å². The number of esters is 1. The van der Waals surface area contributed by atoms with E-state index in [2.05, 4.69) is 17.0 Å². The van der Waals surface area contributed by atoms with Crippen LogP contribution in [0.4, 0.5) is 0 Å². The predicted octanol–water partition coefficient (Wildman–Crippen LogP) is 1.57. The topological polar surface area (TPSA) is 51.5 Å². The van der Waals surface area contributed by atoms with Gasteiger partial charge in [0.1, 0.15) is 5.76 Å². The SMILES string of the molecule is CCCNCc1ccc(C(=O)OC)o1. The maximum Gasteiger partial charge on any atom is 0.373 e. The number of ether oxygens (including phenoxy) is 1. The van der Waals surface area contributed by atoms with Gasteiger partial charge in [-0.3, -0.25) is 0 Å². The maximum atomic E-state index is 11.0. The summed E-state index contributed by atoms with van der Waals surface area (Å²) >= 11 is 0. The molecule has 0 bridgehead atoms. The number of rotatable bonds is 5. The molecule has 0 amide bonds. The molecule has 0 unspecified atom stereocenters. The second-order valence-electron chi connectivity index (χ2n) is 2.93. The Morgan fingerprint density at radius 1 is 1.57 bits per heavy atom. The Labute approximate surface area is 83.2 Å². The summed E-state index contributed by atoms with van der Waals surface area (Å²) in [6.07, 6.45) is 1.07. The van der Waals surface area contributed by atoms with Gasteiger partial charge < -0.3 is 14.5 Å². The number of methoxy groups -OCH3 is 1. The molecular weight excluding hydrogens is 182 g/mol. The smallest absolute Gasteiger partial charge is 0.373 e. The van der Waals surface area contributed by atoms with Crippen LogP contribution >= 0.6 is 0 Å². The van der Waals surface area contributed by atoms with Gasteiger partial charge in [0, 0.05) is 0 Å². The quantitative estimate of drug-likeness (QED) is 0.575. The third-order valence-electron chi connectivity index (χ3n) is 1.77. The molecule has 1 N–H and O–H groups in total. The van der Waals surface area contributed by atoms with Crippen LogP contribution < -0.4 is 5.32 Å². The van der Waals surface area contributed by atoms with Crippen LogP contribution in [0.15, 0.2) is 16.5 Å². The van der Waals surface area contributed by atoms with E-state index in [0.29, 0.717) is 6.54 Å². The molecule has 0 saturated carbocycles. The third kappa shape index (κ3) is 2.88. The van der Waals surface area contributed by atoms with Crippen LogP contribution in [-0.4, -0.2) is 19.6 Å². The normalized spacial score (nSPS) is 10.1. The Morgan fingerprint density at radius 3 is 3.00 bits per heavy atom. The van der Waals surface area contributed by atoms with Crippen molar-refractivity contribution in [1.29, 1.82) is 0 Å². The summed E-state index contributed by atoms with van der Waals surface area (Å²) in [5, 5.41) is 3.18. The molecule has 4 nitrogen and oxygen atoms in total. The van der Waals surface area contributed by atoms with Crippen molar-refractivity contribution < 1.29 is 13.9 Å². The van der Waals surface area contributed by atoms with Crippen LogP contribution in [0.3, 0.4) is 0 Å². The molecule has 0 aromatic carbocycles. The molecule has 4 heteroatoms. The second kappa shape index (κ2) is 5.44. The molecular formula is C10H15NO3. The molecule has 1 aromatic heterocycles. The van der Waals surface area contributed by atoms with E-state index in [1.165, 1.54) is 7.11 Å². The Kier molecular flexibility index (Phi) is 4.19. The van der Waals surface area contributed by atoms with E-state index in [-0.39, 0.29) is 5.76 Å². The largest absolute Gasteiger partial charge is 0.463 e. The van der Waals surface area contributed by atoms with E-state index >= 15 is 0 Å². The summed E-state index contributed by atoms with van der Waals surface area (Å²) in [4.78, 5) is 11.0. The summed E-state index contributed by atoms with van der Waals surface area (Å²) in [6, 6.07) is 3.39. The van der Waals surface area contributed by atoms with Crippen LogP contribution in [0, 0.1) is 0 Å². The number of hydrogen-bond donors (Lipinski definition) is 1. The standard InChI is InChI=1S/C10H15NO3/c1-3-6-11-7-8-4-5-9(14-8)10(12)13-2/h4-5,11H,3,6-7H2,1-2H3. The van der Waals surface area contributed by atoms with Crippen LogP contribution in [0.1, 0.15) is 29.7 Å². The fraction of sp³-hybridized carbons (Fsp3) is 0.500. The molecule has 0 aliphatic rings. The van der Waals surface area contributed by atoms with Crippen LogP contribution in [-0.2, 0) is 11.3 Å². The Morgan fingerprint density at radius 2 is 2.36 bits per heavy atom. The average molecular weight is 197 g/mol. The molecule has 14 heavy (non-hydrogen) atoms. The number of carbonyl (C=O) groups is 1. The molecule has 0 radical (unpaired) electrons. The highest BCUT2D eigenvalue weighted by molar-refractivity contribution is 5.86. The first-order valence-electron chi connectivity index (χ1n) is 4.65. The highest BCUT2D eigenvalue weighted by Crippen LogP contribution is 2.08. The molecule has 0 aliphatic heterocycles. The van der Waals surface area contributed by atoms with Gasteiger partial charge in [-0.25, -0.2) is 4.79 Å². The molecule has 0 aliphatic carbocycles. The number of carbonyl (C=O) groups excluding carboxylic acids is 1. The molecule has 1 rings (SSSR count). The van der Waals surface area contributed by atoms with Crippen molar-refractivity contribution in [3.63, 3.8) is 0 Å². The van der Waals surface area contributed by atoms with E-state index in [1.54, 1.807) is 12.1 Å². The number of nitrogens with one attached hydrogen (secondary N) is 1. The van der Waals surface area contributed by atoms with Gasteiger partial charge in [0.25, 0.3) is 0 Å². The lowest BCUT2D eigenvalue weighted by Crippen LogP contribution is -2.13. The zero-order chi connectivity index (χ0) is 10.4. The van der Waals surface area contributed by atoms with Crippen LogP contribution in [0.25, 0.3) is 0 Å². The summed E-state index contributed by atoms with van der Waals surface area (Å²) in [7, 11) is 1.33. The average Bonchev–Trinajstić information content (AvgIpc) is 2.66. The van der Waals surface area contributed by atoms with E-state index in [4.69, 9.17) is 4.42 Å². The maximum absolute atomic E-state index is 11.0. The highest BCUT2D eigenvalue weighted by atomic mass is 16.5. The predicted molar refractivity (Wildman–Crippen MR) is 52.0 cm³/mol. The Hall–Kier alpha value is -1.29. The molecule has 1 heterocycles. The summed E-state index contributed by atoms with van der Waals surface area (Å²) in [5.74, 6) is 0.561. The fourth-order valence-corrected chi connectivity index (χ4v) is 1.07. The number of hydrogen-bond acceptors (Lipinski definition) is 4. The highest BCUT2D eigenvalue weighted by Gasteiger charge is 2.10. The molecule has 0 saturated heterocycles. The molecule has 1 aromatic rings. The van der Waals surface area contributed by atoms with E-state index < -0.39 is 5.97 Å². The van der Waals surface area contributed by atoms with Crippen LogP contribution in [0.5, 0.6) is 0 Å². The summed E-state index contributed by atoms with van der Waals surface area (Å²) in [6.45, 7) is 3.67. The lowest BCUT2D eigenvalue weighted by Gasteiger charge is -1.98. The molecule has 0 fully saturated rings. The fourth-order valence-electron chi connectivity index (χ4n) is 1.07. The molecule has 0 atom stereocenters. The van der Waals surface area contributed by atoms with Crippen molar-refractivity contribution in [2.24, 2.45) is 0 Å². The van der Waals surface area contributed by atoms with Gasteiger partial charge in [-0.1, -0.05) is 6.92 Å². The van der Waals surface area contributed by atoms with Gasteiger partial charge >= 0.3 is 5.97 Å². The van der Waals surface area contributed by atoms with Crippen LogP contribution in [0.2, 0.25) is 0 Å². The first kappa shape index (κ1) is 10.8. The molecule has 78 valence electrons. The van der Waals surface area contributed by atoms with Crippen molar-refractivity contribution in [3.8, 4) is 0 Å². The van der Waals surface area contributed by atoms with Gasteiger partial charge in [0.2, 0.25) is 5.76 Å². The first-order chi connectivity index (χ1) is 6.77. The Bertz CT molecular complexity index is 293. The zero-order valence-electron chi connectivity index (χ0n) is 8.50. The minimum Gasteiger partial charge on any atom is -0.463 e. The van der Waals surface area contributed by atoms with Gasteiger partial charge in [0.05, 0.1) is 13.7 Å². The van der Waals surface area contributed by atoms with Crippen molar-refractivity contribution in [1.82, 2.24) is 5.32 Å². The lowest BCUT2D eigenvalue weighted by molar-refractivity contribution is 0.0563. The van der Waals surface area contributed by atoms with Gasteiger partial charge in [-0.05, 0) is 25.1 Å².